The molecule has 0 radical (unpaired) electrons. The van der Waals surface area contributed by atoms with E-state index in [1.165, 1.54) is 0 Å². The Hall–Kier alpha value is -1.21. The highest BCUT2D eigenvalue weighted by molar-refractivity contribution is 5.09. The number of aryl methyl sites for hydroxylation is 1. The van der Waals surface area contributed by atoms with Gasteiger partial charge in [0.15, 0.2) is 5.82 Å². The summed E-state index contributed by atoms with van der Waals surface area (Å²) in [5.41, 5.74) is 1.46. The lowest BCUT2D eigenvalue weighted by atomic mass is 10.3. The summed E-state index contributed by atoms with van der Waals surface area (Å²) in [5.74, 6) is 0.271. The predicted octanol–water partition coefficient (Wildman–Crippen LogP) is 1.97. The van der Waals surface area contributed by atoms with Gasteiger partial charge in [0.05, 0.1) is 5.69 Å². The molecule has 0 aliphatic rings. The van der Waals surface area contributed by atoms with Gasteiger partial charge in [-0.15, -0.1) is 0 Å². The van der Waals surface area contributed by atoms with Crippen molar-refractivity contribution in [1.82, 2.24) is 15.3 Å². The molecule has 0 aliphatic carbocycles. The van der Waals surface area contributed by atoms with Crippen LogP contribution in [0.1, 0.15) is 24.1 Å². The molecule has 0 bridgehead atoms. The van der Waals surface area contributed by atoms with Gasteiger partial charge in [-0.1, -0.05) is 6.92 Å². The van der Waals surface area contributed by atoms with Crippen molar-refractivity contribution < 1.29 is 17.9 Å². The van der Waals surface area contributed by atoms with Gasteiger partial charge in [-0.25, -0.2) is 9.97 Å². The minimum absolute atomic E-state index is 0.236. The molecular formula is C11H16F3N3O. The van der Waals surface area contributed by atoms with Crippen molar-refractivity contribution in [2.45, 2.75) is 33.2 Å². The van der Waals surface area contributed by atoms with E-state index in [2.05, 4.69) is 20.0 Å². The molecule has 0 unspecified atom stereocenters. The van der Waals surface area contributed by atoms with Gasteiger partial charge in [0.1, 0.15) is 13.2 Å². The second-order valence-corrected chi connectivity index (χ2v) is 3.81. The molecule has 0 spiro atoms. The number of aromatic nitrogens is 2. The maximum atomic E-state index is 11.9. The molecule has 1 aromatic rings. The Labute approximate surface area is 104 Å². The minimum Gasteiger partial charge on any atom is -0.364 e. The lowest BCUT2D eigenvalue weighted by Crippen LogP contribution is -2.18. The third-order valence-electron chi connectivity index (χ3n) is 2.01. The summed E-state index contributed by atoms with van der Waals surface area (Å²) >= 11 is 0. The zero-order valence-corrected chi connectivity index (χ0v) is 10.3. The van der Waals surface area contributed by atoms with Gasteiger partial charge in [-0.3, -0.25) is 0 Å². The molecule has 0 amide bonds. The average molecular weight is 263 g/mol. The number of rotatable bonds is 6. The molecule has 1 aromatic heterocycles. The fourth-order valence-electron chi connectivity index (χ4n) is 1.37. The Balaban J connectivity index is 2.57. The fraction of sp³-hybridized carbons (Fsp3) is 0.636. The molecule has 102 valence electrons. The first-order chi connectivity index (χ1) is 8.40. The van der Waals surface area contributed by atoms with E-state index >= 15 is 0 Å². The van der Waals surface area contributed by atoms with Crippen LogP contribution in [0.25, 0.3) is 0 Å². The van der Waals surface area contributed by atoms with Gasteiger partial charge >= 0.3 is 6.18 Å². The second-order valence-electron chi connectivity index (χ2n) is 3.81. The van der Waals surface area contributed by atoms with E-state index in [1.807, 2.05) is 6.92 Å². The summed E-state index contributed by atoms with van der Waals surface area (Å²) in [6.07, 6.45) is -4.32. The van der Waals surface area contributed by atoms with Crippen molar-refractivity contribution in [3.8, 4) is 0 Å². The van der Waals surface area contributed by atoms with Crippen LogP contribution in [-0.4, -0.2) is 29.3 Å². The molecule has 0 saturated carbocycles. The quantitative estimate of drug-likeness (QED) is 0.852. The van der Waals surface area contributed by atoms with E-state index in [-0.39, 0.29) is 12.4 Å². The van der Waals surface area contributed by atoms with Crippen molar-refractivity contribution in [2.75, 3.05) is 13.2 Å². The van der Waals surface area contributed by atoms with Crippen LogP contribution in [0.2, 0.25) is 0 Å². The van der Waals surface area contributed by atoms with Gasteiger partial charge in [0, 0.05) is 12.2 Å². The van der Waals surface area contributed by atoms with E-state index in [9.17, 15) is 13.2 Å². The molecule has 0 aliphatic heterocycles. The van der Waals surface area contributed by atoms with Crippen molar-refractivity contribution in [3.63, 3.8) is 0 Å². The number of hydrogen-bond acceptors (Lipinski definition) is 4. The highest BCUT2D eigenvalue weighted by Crippen LogP contribution is 2.15. The Morgan fingerprint density at radius 2 is 2.06 bits per heavy atom. The molecule has 7 heteroatoms. The van der Waals surface area contributed by atoms with Crippen LogP contribution in [0.15, 0.2) is 6.07 Å². The monoisotopic (exact) mass is 263 g/mol. The molecule has 0 atom stereocenters. The fourth-order valence-corrected chi connectivity index (χ4v) is 1.37. The maximum Gasteiger partial charge on any atom is 0.411 e. The van der Waals surface area contributed by atoms with E-state index < -0.39 is 12.8 Å². The second kappa shape index (κ2) is 6.65. The topological polar surface area (TPSA) is 47.0 Å². The van der Waals surface area contributed by atoms with Crippen molar-refractivity contribution >= 4 is 0 Å². The number of halogens is 3. The summed E-state index contributed by atoms with van der Waals surface area (Å²) < 4.78 is 40.3. The Kier molecular flexibility index (Phi) is 5.49. The van der Waals surface area contributed by atoms with Crippen LogP contribution in [0.3, 0.4) is 0 Å². The lowest BCUT2D eigenvalue weighted by molar-refractivity contribution is -0.177. The average Bonchev–Trinajstić information content (AvgIpc) is 2.24. The summed E-state index contributed by atoms with van der Waals surface area (Å²) in [6, 6.07) is 1.79. The third kappa shape index (κ3) is 5.92. The molecule has 0 aromatic carbocycles. The number of hydrogen-bond donors (Lipinski definition) is 1. The molecule has 0 saturated heterocycles. The molecule has 1 N–H and O–H groups in total. The highest BCUT2D eigenvalue weighted by atomic mass is 19.4. The van der Waals surface area contributed by atoms with Crippen LogP contribution < -0.4 is 5.32 Å². The zero-order valence-electron chi connectivity index (χ0n) is 10.3. The normalized spacial score (nSPS) is 11.8. The Morgan fingerprint density at radius 3 is 2.67 bits per heavy atom. The predicted molar refractivity (Wildman–Crippen MR) is 59.9 cm³/mol. The SMILES string of the molecule is CCNCc1cc(C)nc(COCC(F)(F)F)n1. The molecular weight excluding hydrogens is 247 g/mol. The first kappa shape index (κ1) is 14.8. The molecule has 0 fully saturated rings. The van der Waals surface area contributed by atoms with Crippen LogP contribution >= 0.6 is 0 Å². The summed E-state index contributed by atoms with van der Waals surface area (Å²) in [5, 5.41) is 3.09. The van der Waals surface area contributed by atoms with E-state index in [4.69, 9.17) is 0 Å². The van der Waals surface area contributed by atoms with E-state index in [0.717, 1.165) is 12.2 Å². The van der Waals surface area contributed by atoms with Crippen molar-refractivity contribution in [3.05, 3.63) is 23.3 Å². The first-order valence-electron chi connectivity index (χ1n) is 5.59. The smallest absolute Gasteiger partial charge is 0.364 e. The van der Waals surface area contributed by atoms with E-state index in [0.29, 0.717) is 12.2 Å². The van der Waals surface area contributed by atoms with Gasteiger partial charge in [-0.2, -0.15) is 13.2 Å². The van der Waals surface area contributed by atoms with E-state index in [1.54, 1.807) is 13.0 Å². The molecule has 18 heavy (non-hydrogen) atoms. The largest absolute Gasteiger partial charge is 0.411 e. The summed E-state index contributed by atoms with van der Waals surface area (Å²) in [7, 11) is 0. The van der Waals surface area contributed by atoms with Crippen molar-refractivity contribution in [2.24, 2.45) is 0 Å². The summed E-state index contributed by atoms with van der Waals surface area (Å²) in [4.78, 5) is 8.15. The van der Waals surface area contributed by atoms with Crippen LogP contribution in [0.5, 0.6) is 0 Å². The number of nitrogens with zero attached hydrogens (tertiary/aromatic N) is 2. The first-order valence-corrected chi connectivity index (χ1v) is 5.59. The van der Waals surface area contributed by atoms with Crippen LogP contribution in [0.4, 0.5) is 13.2 Å². The number of ether oxygens (including phenoxy) is 1. The minimum atomic E-state index is -4.32. The summed E-state index contributed by atoms with van der Waals surface area (Å²) in [6.45, 7) is 3.56. The third-order valence-corrected chi connectivity index (χ3v) is 2.01. The van der Waals surface area contributed by atoms with Gasteiger partial charge < -0.3 is 10.1 Å². The van der Waals surface area contributed by atoms with Crippen LogP contribution in [0, 0.1) is 6.92 Å². The van der Waals surface area contributed by atoms with Crippen molar-refractivity contribution in [1.29, 1.82) is 0 Å². The van der Waals surface area contributed by atoms with Gasteiger partial charge in [0.2, 0.25) is 0 Å². The number of nitrogens with one attached hydrogen (secondary N) is 1. The molecule has 4 nitrogen and oxygen atoms in total. The standard InChI is InChI=1S/C11H16F3N3O/c1-3-15-5-9-4-8(2)16-10(17-9)6-18-7-11(12,13)14/h4,15H,3,5-7H2,1-2H3. The van der Waals surface area contributed by atoms with Gasteiger partial charge in [0.25, 0.3) is 0 Å². The molecule has 1 rings (SSSR count). The zero-order chi connectivity index (χ0) is 13.6. The Bertz CT molecular complexity index is 382. The van der Waals surface area contributed by atoms with Crippen LogP contribution in [-0.2, 0) is 17.9 Å². The lowest BCUT2D eigenvalue weighted by Gasteiger charge is -2.09. The maximum absolute atomic E-state index is 11.9. The van der Waals surface area contributed by atoms with Gasteiger partial charge in [-0.05, 0) is 19.5 Å². The Morgan fingerprint density at radius 1 is 1.33 bits per heavy atom. The number of alkyl halides is 3. The highest BCUT2D eigenvalue weighted by Gasteiger charge is 2.27. The molecule has 1 heterocycles.